The predicted octanol–water partition coefficient (Wildman–Crippen LogP) is 13.6. The van der Waals surface area contributed by atoms with E-state index in [4.69, 9.17) is 9.97 Å². The largest absolute Gasteiger partial charge is 0.228 e. The molecule has 10 rings (SSSR count). The molecule has 0 atom stereocenters. The van der Waals surface area contributed by atoms with Crippen LogP contribution < -0.4 is 0 Å². The molecule has 1 aromatic heterocycles. The fraction of sp³-hybridized carbons (Fsp3) is 0.113. The van der Waals surface area contributed by atoms with Crippen LogP contribution in [0, 0.1) is 11.3 Å². The Balaban J connectivity index is 0.977. The van der Waals surface area contributed by atoms with E-state index in [1.807, 2.05) is 30.3 Å². The van der Waals surface area contributed by atoms with Gasteiger partial charge in [0.1, 0.15) is 0 Å². The van der Waals surface area contributed by atoms with E-state index < -0.39 is 0 Å². The molecule has 2 aliphatic carbocycles. The Kier molecular flexibility index (Phi) is 8.46. The number of rotatable bonds is 6. The molecular weight excluding hydrogens is 679 g/mol. The van der Waals surface area contributed by atoms with Gasteiger partial charge in [-0.3, -0.25) is 0 Å². The highest BCUT2D eigenvalue weighted by Crippen LogP contribution is 2.56. The van der Waals surface area contributed by atoms with Crippen molar-refractivity contribution in [2.75, 3.05) is 0 Å². The quantitative estimate of drug-likeness (QED) is 0.172. The molecule has 0 N–H and O–H groups in total. The highest BCUT2D eigenvalue weighted by Gasteiger charge is 2.44. The molecule has 1 spiro atoms. The Labute approximate surface area is 328 Å². The van der Waals surface area contributed by atoms with Crippen LogP contribution in [0.2, 0.25) is 0 Å². The normalized spacial score (nSPS) is 13.8. The van der Waals surface area contributed by atoms with Gasteiger partial charge in [0.15, 0.2) is 5.82 Å². The second kappa shape index (κ2) is 14.1. The minimum atomic E-state index is -0.000976. The Hall–Kier alpha value is -6.89. The van der Waals surface area contributed by atoms with E-state index in [1.165, 1.54) is 63.8 Å². The molecule has 8 aromatic rings. The molecule has 0 aliphatic heterocycles. The van der Waals surface area contributed by atoms with Crippen molar-refractivity contribution in [3.63, 3.8) is 0 Å². The van der Waals surface area contributed by atoms with E-state index in [-0.39, 0.29) is 5.41 Å². The fourth-order valence-corrected chi connectivity index (χ4v) is 9.07. The van der Waals surface area contributed by atoms with E-state index in [2.05, 4.69) is 152 Å². The van der Waals surface area contributed by atoms with Crippen molar-refractivity contribution in [3.05, 3.63) is 193 Å². The van der Waals surface area contributed by atoms with Crippen molar-refractivity contribution < 1.29 is 0 Å². The highest BCUT2D eigenvalue weighted by molar-refractivity contribution is 5.85. The maximum atomic E-state index is 9.73. The fourth-order valence-electron chi connectivity index (χ4n) is 9.07. The van der Waals surface area contributed by atoms with Crippen LogP contribution in [-0.2, 0) is 5.41 Å². The third kappa shape index (κ3) is 6.01. The van der Waals surface area contributed by atoms with Gasteiger partial charge in [0.25, 0.3) is 0 Å². The molecule has 0 saturated heterocycles. The van der Waals surface area contributed by atoms with E-state index >= 15 is 0 Å². The summed E-state index contributed by atoms with van der Waals surface area (Å²) in [7, 11) is 0. The lowest BCUT2D eigenvalue weighted by molar-refractivity contribution is 0.353. The second-order valence-electron chi connectivity index (χ2n) is 15.2. The number of benzene rings is 7. The minimum Gasteiger partial charge on any atom is -0.228 e. The molecule has 3 heteroatoms. The molecule has 1 fully saturated rings. The molecule has 2 aliphatic rings. The summed E-state index contributed by atoms with van der Waals surface area (Å²) in [5.41, 5.74) is 18.1. The van der Waals surface area contributed by atoms with Crippen LogP contribution in [0.1, 0.15) is 48.8 Å². The summed E-state index contributed by atoms with van der Waals surface area (Å²) in [5.74, 6) is 0.706. The standard InChI is InChI=1S/C53H39N3/c54-35-36-17-27-46-47-28-26-44(33-49(47)53(48(46)31-36)29-8-3-9-30-53)40-20-18-39(19-21-40)43-15-10-16-45(32-43)51-34-50(55-52(56-51)42-13-6-2-7-14-42)41-24-22-38(23-25-41)37-11-4-1-5-12-37/h1-2,4-7,10-28,31-34H,3,8-9,29-30H2. The lowest BCUT2D eigenvalue weighted by atomic mass is 9.67. The molecule has 0 radical (unpaired) electrons. The molecular formula is C53H39N3. The number of nitrogens with zero attached hydrogens (tertiary/aromatic N) is 3. The van der Waals surface area contributed by atoms with Crippen molar-refractivity contribution in [2.24, 2.45) is 0 Å². The summed E-state index contributed by atoms with van der Waals surface area (Å²) in [6.45, 7) is 0. The Morgan fingerprint density at radius 3 is 1.54 bits per heavy atom. The molecule has 0 amide bonds. The summed E-state index contributed by atoms with van der Waals surface area (Å²) >= 11 is 0. The zero-order chi connectivity index (χ0) is 37.5. The van der Waals surface area contributed by atoms with Gasteiger partial charge in [0.2, 0.25) is 0 Å². The molecule has 1 saturated carbocycles. The molecule has 266 valence electrons. The number of fused-ring (bicyclic) bond motifs is 5. The highest BCUT2D eigenvalue weighted by atomic mass is 14.9. The minimum absolute atomic E-state index is 0.000976. The van der Waals surface area contributed by atoms with Crippen LogP contribution in [0.4, 0.5) is 0 Å². The number of hydrogen-bond acceptors (Lipinski definition) is 3. The molecule has 1 heterocycles. The SMILES string of the molecule is N#Cc1ccc2c(c1)C1(CCCCC1)c1cc(-c3ccc(-c4cccc(-c5cc(-c6ccc(-c7ccccc7)cc6)nc(-c6ccccc6)n5)c4)cc3)ccc1-2. The zero-order valence-electron chi connectivity index (χ0n) is 31.1. The van der Waals surface area contributed by atoms with Gasteiger partial charge in [-0.05, 0) is 98.8 Å². The summed E-state index contributed by atoms with van der Waals surface area (Å²) in [4.78, 5) is 10.2. The topological polar surface area (TPSA) is 49.6 Å². The lowest BCUT2D eigenvalue weighted by Crippen LogP contribution is -2.28. The van der Waals surface area contributed by atoms with Crippen LogP contribution in [-0.4, -0.2) is 9.97 Å². The van der Waals surface area contributed by atoms with Gasteiger partial charge in [0, 0.05) is 22.1 Å². The molecule has 3 nitrogen and oxygen atoms in total. The van der Waals surface area contributed by atoms with Crippen LogP contribution >= 0.6 is 0 Å². The summed E-state index contributed by atoms with van der Waals surface area (Å²) in [5, 5.41) is 9.73. The lowest BCUT2D eigenvalue weighted by Gasteiger charge is -2.36. The van der Waals surface area contributed by atoms with Gasteiger partial charge < -0.3 is 0 Å². The Morgan fingerprint density at radius 1 is 0.393 bits per heavy atom. The number of aromatic nitrogens is 2. The monoisotopic (exact) mass is 717 g/mol. The van der Waals surface area contributed by atoms with Crippen LogP contribution in [0.15, 0.2) is 176 Å². The smallest absolute Gasteiger partial charge is 0.160 e. The van der Waals surface area contributed by atoms with Crippen LogP contribution in [0.5, 0.6) is 0 Å². The second-order valence-corrected chi connectivity index (χ2v) is 15.2. The predicted molar refractivity (Wildman–Crippen MR) is 229 cm³/mol. The average Bonchev–Trinajstić information content (AvgIpc) is 3.54. The van der Waals surface area contributed by atoms with Gasteiger partial charge in [0.05, 0.1) is 23.0 Å². The van der Waals surface area contributed by atoms with Crippen molar-refractivity contribution in [2.45, 2.75) is 37.5 Å². The summed E-state index contributed by atoms with van der Waals surface area (Å²) in [6.07, 6.45) is 6.00. The van der Waals surface area contributed by atoms with E-state index in [0.29, 0.717) is 5.82 Å². The first-order valence-electron chi connectivity index (χ1n) is 19.7. The van der Waals surface area contributed by atoms with Gasteiger partial charge in [-0.2, -0.15) is 5.26 Å². The molecule has 0 unspecified atom stereocenters. The molecule has 7 aromatic carbocycles. The first kappa shape index (κ1) is 33.7. The van der Waals surface area contributed by atoms with E-state index in [1.54, 1.807) is 0 Å². The average molecular weight is 718 g/mol. The molecule has 0 bridgehead atoms. The summed E-state index contributed by atoms with van der Waals surface area (Å²) < 4.78 is 0. The Morgan fingerprint density at radius 2 is 0.875 bits per heavy atom. The van der Waals surface area contributed by atoms with E-state index in [9.17, 15) is 5.26 Å². The maximum Gasteiger partial charge on any atom is 0.160 e. The van der Waals surface area contributed by atoms with Crippen molar-refractivity contribution in [1.82, 2.24) is 9.97 Å². The van der Waals surface area contributed by atoms with Crippen LogP contribution in [0.25, 0.3) is 78.4 Å². The third-order valence-corrected chi connectivity index (χ3v) is 12.0. The zero-order valence-corrected chi connectivity index (χ0v) is 31.1. The van der Waals surface area contributed by atoms with Crippen molar-refractivity contribution in [3.8, 4) is 84.5 Å². The maximum absolute atomic E-state index is 9.73. The number of hydrogen-bond donors (Lipinski definition) is 0. The first-order chi connectivity index (χ1) is 27.6. The Bertz CT molecular complexity index is 2750. The third-order valence-electron chi connectivity index (χ3n) is 12.0. The van der Waals surface area contributed by atoms with Crippen LogP contribution in [0.3, 0.4) is 0 Å². The number of nitriles is 1. The van der Waals surface area contributed by atoms with Crippen molar-refractivity contribution in [1.29, 1.82) is 5.26 Å². The van der Waals surface area contributed by atoms with Gasteiger partial charge in [-0.1, -0.05) is 165 Å². The van der Waals surface area contributed by atoms with Gasteiger partial charge in [-0.15, -0.1) is 0 Å². The molecule has 56 heavy (non-hydrogen) atoms. The first-order valence-corrected chi connectivity index (χ1v) is 19.7. The van der Waals surface area contributed by atoms with E-state index in [0.717, 1.165) is 57.6 Å². The van der Waals surface area contributed by atoms with Crippen molar-refractivity contribution >= 4 is 0 Å². The van der Waals surface area contributed by atoms with Gasteiger partial charge in [-0.25, -0.2) is 9.97 Å². The summed E-state index contributed by atoms with van der Waals surface area (Å²) in [6, 6.07) is 64.8. The van der Waals surface area contributed by atoms with Gasteiger partial charge >= 0.3 is 0 Å².